The lowest BCUT2D eigenvalue weighted by Crippen LogP contribution is -1.93. The Hall–Kier alpha value is -6.44. The molecule has 0 aliphatic carbocycles. The van der Waals surface area contributed by atoms with Gasteiger partial charge in [0.25, 0.3) is 0 Å². The third kappa shape index (κ3) is 4.33. The molecule has 0 atom stereocenters. The molecule has 0 unspecified atom stereocenters. The van der Waals surface area contributed by atoms with Crippen molar-refractivity contribution in [2.24, 2.45) is 0 Å². The van der Waals surface area contributed by atoms with Gasteiger partial charge in [-0.1, -0.05) is 158 Å². The number of hydrogen-bond acceptors (Lipinski definition) is 1. The van der Waals surface area contributed by atoms with Crippen LogP contribution in [0.3, 0.4) is 0 Å². The highest BCUT2D eigenvalue weighted by Gasteiger charge is 2.22. The summed E-state index contributed by atoms with van der Waals surface area (Å²) in [5.74, 6) is 0. The van der Waals surface area contributed by atoms with E-state index in [0.717, 1.165) is 82.1 Å². The van der Waals surface area contributed by atoms with Gasteiger partial charge in [-0.3, -0.25) is 0 Å². The Morgan fingerprint density at radius 2 is 0.980 bits per heavy atom. The Labute approximate surface area is 291 Å². The van der Waals surface area contributed by atoms with Crippen LogP contribution in [0.5, 0.6) is 0 Å². The SMILES string of the molecule is [2H]c1c([2H])c([2H])c(-c2ccccc2-c2c3ccccc3c(-c3cccc4oc5c6ccc(-c7ccccc7)cc6ccc5c34)c3ccccc23)c([2H])c1[2H]. The second kappa shape index (κ2) is 11.1. The number of furan rings is 1. The molecular weight excluding hydrogens is 593 g/mol. The normalized spacial score (nSPS) is 13.1. The van der Waals surface area contributed by atoms with E-state index in [9.17, 15) is 0 Å². The molecule has 0 amide bonds. The number of rotatable bonds is 4. The molecule has 1 heteroatoms. The molecule has 0 aliphatic rings. The van der Waals surface area contributed by atoms with E-state index >= 15 is 0 Å². The fourth-order valence-corrected chi connectivity index (χ4v) is 7.64. The molecular formula is C48H30O. The first kappa shape index (κ1) is 23.0. The summed E-state index contributed by atoms with van der Waals surface area (Å²) in [6, 6.07) is 50.4. The highest BCUT2D eigenvalue weighted by molar-refractivity contribution is 6.27. The number of fused-ring (bicyclic) bond motifs is 7. The maximum absolute atomic E-state index is 8.85. The Bertz CT molecular complexity index is 3080. The second-order valence-corrected chi connectivity index (χ2v) is 12.4. The lowest BCUT2D eigenvalue weighted by atomic mass is 9.83. The molecule has 1 heterocycles. The molecule has 0 bridgehead atoms. The van der Waals surface area contributed by atoms with E-state index in [1.54, 1.807) is 0 Å². The van der Waals surface area contributed by atoms with Gasteiger partial charge >= 0.3 is 0 Å². The summed E-state index contributed by atoms with van der Waals surface area (Å²) >= 11 is 0. The first-order chi connectivity index (χ1) is 26.4. The van der Waals surface area contributed by atoms with Crippen LogP contribution in [0.4, 0.5) is 0 Å². The van der Waals surface area contributed by atoms with Crippen molar-refractivity contribution in [2.75, 3.05) is 0 Å². The van der Waals surface area contributed by atoms with Gasteiger partial charge < -0.3 is 4.42 Å². The molecule has 0 saturated heterocycles. The van der Waals surface area contributed by atoms with Gasteiger partial charge in [0.1, 0.15) is 11.2 Å². The standard InChI is InChI=1S/C48H30O/c1-3-14-31(15-4-1)33-26-28-36-34(30-33)27-29-43-47-42(24-13-25-44(47)49-48(36)43)46-40-22-11-9-20-38(40)45(39-21-10-12-23-41(39)46)37-19-8-7-18-35(37)32-16-5-2-6-17-32/h1-30H/i2D,5D,6D,16D,17D. The zero-order chi connectivity index (χ0) is 36.7. The van der Waals surface area contributed by atoms with E-state index in [1.165, 1.54) is 5.56 Å². The molecule has 0 N–H and O–H groups in total. The van der Waals surface area contributed by atoms with E-state index < -0.39 is 6.04 Å². The maximum Gasteiger partial charge on any atom is 0.143 e. The van der Waals surface area contributed by atoms with Crippen molar-refractivity contribution in [3.8, 4) is 44.5 Å². The van der Waals surface area contributed by atoms with Crippen molar-refractivity contribution in [2.45, 2.75) is 0 Å². The van der Waals surface area contributed by atoms with Gasteiger partial charge in [-0.05, 0) is 95.7 Å². The molecule has 0 saturated carbocycles. The second-order valence-electron chi connectivity index (χ2n) is 12.4. The van der Waals surface area contributed by atoms with Crippen molar-refractivity contribution < 1.29 is 11.3 Å². The number of benzene rings is 9. The van der Waals surface area contributed by atoms with Gasteiger partial charge in [-0.2, -0.15) is 0 Å². The summed E-state index contributed by atoms with van der Waals surface area (Å²) in [4.78, 5) is 0. The van der Waals surface area contributed by atoms with Crippen LogP contribution < -0.4 is 0 Å². The molecule has 9 aromatic carbocycles. The molecule has 1 aromatic heterocycles. The van der Waals surface area contributed by atoms with Crippen molar-refractivity contribution in [1.82, 2.24) is 0 Å². The smallest absolute Gasteiger partial charge is 0.143 e. The zero-order valence-corrected chi connectivity index (χ0v) is 26.3. The van der Waals surface area contributed by atoms with Crippen LogP contribution in [0.15, 0.2) is 186 Å². The molecule has 0 spiro atoms. The van der Waals surface area contributed by atoms with Crippen molar-refractivity contribution in [3.05, 3.63) is 182 Å². The van der Waals surface area contributed by atoms with Gasteiger partial charge in [0.15, 0.2) is 0 Å². The van der Waals surface area contributed by atoms with Crippen LogP contribution in [0.25, 0.3) is 98.8 Å². The molecule has 0 radical (unpaired) electrons. The van der Waals surface area contributed by atoms with Crippen LogP contribution in [-0.4, -0.2) is 0 Å². The topological polar surface area (TPSA) is 13.1 Å². The van der Waals surface area contributed by atoms with Crippen LogP contribution in [0.2, 0.25) is 0 Å². The fraction of sp³-hybridized carbons (Fsp3) is 0. The Kier molecular flexibility index (Phi) is 5.20. The highest BCUT2D eigenvalue weighted by Crippen LogP contribution is 2.48. The Morgan fingerprint density at radius 1 is 0.388 bits per heavy atom. The largest absolute Gasteiger partial charge is 0.455 e. The molecule has 10 rings (SSSR count). The van der Waals surface area contributed by atoms with Gasteiger partial charge in [-0.25, -0.2) is 0 Å². The minimum Gasteiger partial charge on any atom is -0.455 e. The maximum atomic E-state index is 8.85. The lowest BCUT2D eigenvalue weighted by molar-refractivity contribution is 0.673. The first-order valence-corrected chi connectivity index (χ1v) is 16.4. The summed E-state index contributed by atoms with van der Waals surface area (Å²) < 4.78 is 49.5. The number of hydrogen-bond donors (Lipinski definition) is 0. The van der Waals surface area contributed by atoms with Crippen molar-refractivity contribution in [1.29, 1.82) is 0 Å². The van der Waals surface area contributed by atoms with Gasteiger partial charge in [0, 0.05) is 16.2 Å². The Morgan fingerprint density at radius 3 is 1.69 bits per heavy atom. The molecule has 10 aromatic rings. The lowest BCUT2D eigenvalue weighted by Gasteiger charge is -2.20. The molecule has 49 heavy (non-hydrogen) atoms. The van der Waals surface area contributed by atoms with Crippen molar-refractivity contribution in [3.63, 3.8) is 0 Å². The Balaban J connectivity index is 1.26. The minimum atomic E-state index is -0.405. The summed E-state index contributed by atoms with van der Waals surface area (Å²) in [5.41, 5.74) is 8.64. The van der Waals surface area contributed by atoms with E-state index in [2.05, 4.69) is 103 Å². The van der Waals surface area contributed by atoms with Crippen molar-refractivity contribution >= 4 is 54.3 Å². The van der Waals surface area contributed by atoms with Crippen LogP contribution in [0.1, 0.15) is 6.85 Å². The summed E-state index contributed by atoms with van der Waals surface area (Å²) in [5, 5.41) is 8.33. The minimum absolute atomic E-state index is 0.187. The summed E-state index contributed by atoms with van der Waals surface area (Å²) in [6.07, 6.45) is 0. The predicted octanol–water partition coefficient (Wildman–Crippen LogP) is 13.7. The summed E-state index contributed by atoms with van der Waals surface area (Å²) in [7, 11) is 0. The molecule has 0 fully saturated rings. The monoisotopic (exact) mass is 627 g/mol. The third-order valence-corrected chi connectivity index (χ3v) is 9.75. The summed E-state index contributed by atoms with van der Waals surface area (Å²) in [6.45, 7) is 0. The van der Waals surface area contributed by atoms with Gasteiger partial charge in [-0.15, -0.1) is 0 Å². The van der Waals surface area contributed by atoms with Crippen LogP contribution in [-0.2, 0) is 0 Å². The van der Waals surface area contributed by atoms with E-state index in [4.69, 9.17) is 11.3 Å². The first-order valence-electron chi connectivity index (χ1n) is 18.9. The average Bonchev–Trinajstić information content (AvgIpc) is 3.61. The van der Waals surface area contributed by atoms with Crippen LogP contribution >= 0.6 is 0 Å². The van der Waals surface area contributed by atoms with E-state index in [1.807, 2.05) is 48.5 Å². The quantitative estimate of drug-likeness (QED) is 0.177. The van der Waals surface area contributed by atoms with Crippen LogP contribution in [0, 0.1) is 0 Å². The fourth-order valence-electron chi connectivity index (χ4n) is 7.64. The average molecular weight is 628 g/mol. The van der Waals surface area contributed by atoms with Gasteiger partial charge in [0.05, 0.1) is 6.85 Å². The van der Waals surface area contributed by atoms with Gasteiger partial charge in [0.2, 0.25) is 0 Å². The third-order valence-electron chi connectivity index (χ3n) is 9.75. The molecule has 228 valence electrons. The molecule has 0 aliphatic heterocycles. The predicted molar refractivity (Wildman–Crippen MR) is 208 cm³/mol. The molecule has 1 nitrogen and oxygen atoms in total. The zero-order valence-electron chi connectivity index (χ0n) is 31.3. The van der Waals surface area contributed by atoms with E-state index in [0.29, 0.717) is 5.56 Å². The highest BCUT2D eigenvalue weighted by atomic mass is 16.3. The van der Waals surface area contributed by atoms with E-state index in [-0.39, 0.29) is 29.7 Å².